The zero-order valence-corrected chi connectivity index (χ0v) is 15.6. The number of aryl methyl sites for hydroxylation is 1. The van der Waals surface area contributed by atoms with Gasteiger partial charge < -0.3 is 10.1 Å². The predicted molar refractivity (Wildman–Crippen MR) is 108 cm³/mol. The molecule has 1 N–H and O–H groups in total. The Morgan fingerprint density at radius 1 is 0.966 bits per heavy atom. The molecule has 0 aliphatic rings. The minimum atomic E-state index is -0.550. The second kappa shape index (κ2) is 8.79. The van der Waals surface area contributed by atoms with Gasteiger partial charge in [-0.25, -0.2) is 0 Å². The van der Waals surface area contributed by atoms with E-state index in [-0.39, 0.29) is 23.8 Å². The van der Waals surface area contributed by atoms with Gasteiger partial charge in [-0.05, 0) is 42.8 Å². The molecule has 0 atom stereocenters. The van der Waals surface area contributed by atoms with Gasteiger partial charge in [-0.1, -0.05) is 36.4 Å². The highest BCUT2D eigenvalue weighted by atomic mass is 16.6. The Balaban J connectivity index is 1.60. The van der Waals surface area contributed by atoms with Crippen LogP contribution >= 0.6 is 0 Å². The Hall–Kier alpha value is -4.00. The molecule has 1 amide bonds. The standard InChI is InChI=1S/C22H18N2O5/c1-15-7-12-19(20(13-15)24(27)28)23-21(25)14-29-18-10-8-17(9-11-18)22(26)16-5-3-2-4-6-16/h2-13H,14H2,1H3,(H,23,25). The van der Waals surface area contributed by atoms with Crippen molar-refractivity contribution in [2.24, 2.45) is 0 Å². The number of carbonyl (C=O) groups excluding carboxylic acids is 2. The lowest BCUT2D eigenvalue weighted by Gasteiger charge is -2.09. The minimum Gasteiger partial charge on any atom is -0.484 e. The number of rotatable bonds is 7. The van der Waals surface area contributed by atoms with Gasteiger partial charge in [-0.15, -0.1) is 0 Å². The zero-order valence-electron chi connectivity index (χ0n) is 15.6. The van der Waals surface area contributed by atoms with Crippen LogP contribution in [0.25, 0.3) is 0 Å². The van der Waals surface area contributed by atoms with Gasteiger partial charge in [0.25, 0.3) is 11.6 Å². The summed E-state index contributed by atoms with van der Waals surface area (Å²) in [6.45, 7) is 1.41. The van der Waals surface area contributed by atoms with Crippen molar-refractivity contribution in [3.63, 3.8) is 0 Å². The van der Waals surface area contributed by atoms with E-state index in [1.807, 2.05) is 6.07 Å². The van der Waals surface area contributed by atoms with Crippen molar-refractivity contribution in [2.45, 2.75) is 6.92 Å². The number of nitro groups is 1. The lowest BCUT2D eigenvalue weighted by atomic mass is 10.0. The quantitative estimate of drug-likeness (QED) is 0.371. The van der Waals surface area contributed by atoms with E-state index in [0.717, 1.165) is 5.56 Å². The van der Waals surface area contributed by atoms with E-state index in [1.165, 1.54) is 12.1 Å². The number of hydrogen-bond donors (Lipinski definition) is 1. The van der Waals surface area contributed by atoms with Crippen LogP contribution in [0.2, 0.25) is 0 Å². The molecule has 3 aromatic carbocycles. The molecule has 0 aliphatic heterocycles. The van der Waals surface area contributed by atoms with Crippen molar-refractivity contribution in [3.05, 3.63) is 99.6 Å². The summed E-state index contributed by atoms with van der Waals surface area (Å²) in [5, 5.41) is 13.6. The molecule has 3 aromatic rings. The number of carbonyl (C=O) groups is 2. The Morgan fingerprint density at radius 3 is 2.28 bits per heavy atom. The van der Waals surface area contributed by atoms with E-state index < -0.39 is 10.8 Å². The molecule has 7 heteroatoms. The maximum atomic E-state index is 12.4. The molecule has 0 aromatic heterocycles. The molecule has 146 valence electrons. The topological polar surface area (TPSA) is 98.5 Å². The summed E-state index contributed by atoms with van der Waals surface area (Å²) in [5.41, 5.74) is 1.74. The normalized spacial score (nSPS) is 10.2. The lowest BCUT2D eigenvalue weighted by molar-refractivity contribution is -0.384. The molecule has 3 rings (SSSR count). The molecular formula is C22H18N2O5. The number of nitro benzene ring substituents is 1. The van der Waals surface area contributed by atoms with Gasteiger partial charge in [0.15, 0.2) is 12.4 Å². The van der Waals surface area contributed by atoms with Crippen LogP contribution in [-0.2, 0) is 4.79 Å². The van der Waals surface area contributed by atoms with E-state index in [4.69, 9.17) is 4.74 Å². The number of ether oxygens (including phenoxy) is 1. The first-order chi connectivity index (χ1) is 13.9. The van der Waals surface area contributed by atoms with Crippen LogP contribution in [0, 0.1) is 17.0 Å². The predicted octanol–water partition coefficient (Wildman–Crippen LogP) is 4.15. The lowest BCUT2D eigenvalue weighted by Crippen LogP contribution is -2.20. The maximum absolute atomic E-state index is 12.4. The van der Waals surface area contributed by atoms with Crippen LogP contribution in [0.3, 0.4) is 0 Å². The van der Waals surface area contributed by atoms with E-state index in [9.17, 15) is 19.7 Å². The maximum Gasteiger partial charge on any atom is 0.293 e. The third-order valence-corrected chi connectivity index (χ3v) is 4.15. The summed E-state index contributed by atoms with van der Waals surface area (Å²) in [7, 11) is 0. The number of nitrogens with one attached hydrogen (secondary N) is 1. The molecule has 0 radical (unpaired) electrons. The second-order valence-corrected chi connectivity index (χ2v) is 6.33. The van der Waals surface area contributed by atoms with Gasteiger partial charge in [-0.2, -0.15) is 0 Å². The molecule has 0 spiro atoms. The van der Waals surface area contributed by atoms with E-state index >= 15 is 0 Å². The molecule has 0 unspecified atom stereocenters. The number of hydrogen-bond acceptors (Lipinski definition) is 5. The fraction of sp³-hybridized carbons (Fsp3) is 0.0909. The second-order valence-electron chi connectivity index (χ2n) is 6.33. The highest BCUT2D eigenvalue weighted by molar-refractivity contribution is 6.09. The zero-order chi connectivity index (χ0) is 20.8. The van der Waals surface area contributed by atoms with Crippen molar-refractivity contribution in [3.8, 4) is 5.75 Å². The van der Waals surface area contributed by atoms with Crippen LogP contribution in [0.15, 0.2) is 72.8 Å². The van der Waals surface area contributed by atoms with Gasteiger partial charge >= 0.3 is 0 Å². The number of anilines is 1. The monoisotopic (exact) mass is 390 g/mol. The van der Waals surface area contributed by atoms with Crippen molar-refractivity contribution < 1.29 is 19.2 Å². The third-order valence-electron chi connectivity index (χ3n) is 4.15. The van der Waals surface area contributed by atoms with Gasteiger partial charge in [0.1, 0.15) is 11.4 Å². The first-order valence-corrected chi connectivity index (χ1v) is 8.81. The average molecular weight is 390 g/mol. The minimum absolute atomic E-state index is 0.109. The van der Waals surface area contributed by atoms with Crippen LogP contribution in [0.1, 0.15) is 21.5 Å². The van der Waals surface area contributed by atoms with Gasteiger partial charge in [0.05, 0.1) is 4.92 Å². The highest BCUT2D eigenvalue weighted by Gasteiger charge is 2.16. The molecule has 0 saturated heterocycles. The average Bonchev–Trinajstić information content (AvgIpc) is 2.74. The summed E-state index contributed by atoms with van der Waals surface area (Å²) in [5.74, 6) is -0.230. The third kappa shape index (κ3) is 5.04. The SMILES string of the molecule is Cc1ccc(NC(=O)COc2ccc(C(=O)c3ccccc3)cc2)c([N+](=O)[O-])c1. The van der Waals surface area contributed by atoms with Crippen molar-refractivity contribution in [1.82, 2.24) is 0 Å². The summed E-state index contributed by atoms with van der Waals surface area (Å²) in [6.07, 6.45) is 0. The van der Waals surface area contributed by atoms with Crippen molar-refractivity contribution in [1.29, 1.82) is 0 Å². The molecule has 29 heavy (non-hydrogen) atoms. The smallest absolute Gasteiger partial charge is 0.293 e. The van der Waals surface area contributed by atoms with Crippen LogP contribution in [0.5, 0.6) is 5.75 Å². The molecule has 0 aliphatic carbocycles. The van der Waals surface area contributed by atoms with E-state index in [1.54, 1.807) is 61.5 Å². The van der Waals surface area contributed by atoms with Crippen LogP contribution < -0.4 is 10.1 Å². The van der Waals surface area contributed by atoms with Crippen molar-refractivity contribution in [2.75, 3.05) is 11.9 Å². The van der Waals surface area contributed by atoms with Crippen LogP contribution in [0.4, 0.5) is 11.4 Å². The fourth-order valence-electron chi connectivity index (χ4n) is 2.69. The molecule has 0 fully saturated rings. The molecule has 7 nitrogen and oxygen atoms in total. The molecule has 0 heterocycles. The van der Waals surface area contributed by atoms with Gasteiger partial charge in [0.2, 0.25) is 0 Å². The van der Waals surface area contributed by atoms with E-state index in [0.29, 0.717) is 16.9 Å². The van der Waals surface area contributed by atoms with Gasteiger partial charge in [0, 0.05) is 17.2 Å². The Morgan fingerprint density at radius 2 is 1.62 bits per heavy atom. The molecule has 0 bridgehead atoms. The van der Waals surface area contributed by atoms with Crippen molar-refractivity contribution >= 4 is 23.1 Å². The first-order valence-electron chi connectivity index (χ1n) is 8.81. The summed E-state index contributed by atoms with van der Waals surface area (Å²) in [6, 6.07) is 19.9. The fourth-order valence-corrected chi connectivity index (χ4v) is 2.69. The Labute approximate surface area is 167 Å². The first kappa shape index (κ1) is 19.8. The number of nitrogens with zero attached hydrogens (tertiary/aromatic N) is 1. The number of benzene rings is 3. The molecule has 0 saturated carbocycles. The number of amides is 1. The summed E-state index contributed by atoms with van der Waals surface area (Å²) >= 11 is 0. The van der Waals surface area contributed by atoms with Gasteiger partial charge in [-0.3, -0.25) is 19.7 Å². The largest absolute Gasteiger partial charge is 0.484 e. The summed E-state index contributed by atoms with van der Waals surface area (Å²) < 4.78 is 5.41. The van der Waals surface area contributed by atoms with Crippen LogP contribution in [-0.4, -0.2) is 23.2 Å². The Bertz CT molecular complexity index is 1050. The highest BCUT2D eigenvalue weighted by Crippen LogP contribution is 2.25. The van der Waals surface area contributed by atoms with E-state index in [2.05, 4.69) is 5.32 Å². The summed E-state index contributed by atoms with van der Waals surface area (Å²) in [4.78, 5) is 35.0. The molecular weight excluding hydrogens is 372 g/mol. The number of ketones is 1. The Kier molecular flexibility index (Phi) is 5.99.